The van der Waals surface area contributed by atoms with Crippen LogP contribution >= 0.6 is 11.3 Å². The Balaban J connectivity index is 1.30. The van der Waals surface area contributed by atoms with Gasteiger partial charge in [-0.2, -0.15) is 0 Å². The monoisotopic (exact) mass is 406 g/mol. The minimum atomic E-state index is -0.150. The summed E-state index contributed by atoms with van der Waals surface area (Å²) in [6.45, 7) is 2.12. The zero-order valence-electron chi connectivity index (χ0n) is 16.0. The number of thiazole rings is 1. The summed E-state index contributed by atoms with van der Waals surface area (Å²) < 4.78 is 1.21. The Bertz CT molecular complexity index is 1050. The lowest BCUT2D eigenvalue weighted by molar-refractivity contribution is -0.122. The van der Waals surface area contributed by atoms with E-state index in [0.717, 1.165) is 42.1 Å². The van der Waals surface area contributed by atoms with Gasteiger partial charge in [0.05, 0.1) is 33.1 Å². The molecule has 1 saturated heterocycles. The van der Waals surface area contributed by atoms with Crippen LogP contribution in [0.3, 0.4) is 0 Å². The number of anilines is 2. The molecule has 1 N–H and O–H groups in total. The summed E-state index contributed by atoms with van der Waals surface area (Å²) >= 11 is 1.76. The zero-order valence-corrected chi connectivity index (χ0v) is 16.8. The number of likely N-dealkylation sites (tertiary alicyclic amines) is 1. The molecule has 0 radical (unpaired) electrons. The number of rotatable bonds is 3. The first-order valence-electron chi connectivity index (χ1n) is 9.94. The van der Waals surface area contributed by atoms with Crippen molar-refractivity contribution in [3.05, 3.63) is 53.5 Å². The Morgan fingerprint density at radius 3 is 2.90 bits per heavy atom. The third-order valence-corrected chi connectivity index (χ3v) is 6.79. The number of carbonyl (C=O) groups is 2. The Morgan fingerprint density at radius 1 is 1.17 bits per heavy atom. The van der Waals surface area contributed by atoms with E-state index in [1.165, 1.54) is 4.70 Å². The van der Waals surface area contributed by atoms with Crippen LogP contribution < -0.4 is 10.2 Å². The number of fused-ring (bicyclic) bond motifs is 2. The van der Waals surface area contributed by atoms with Crippen LogP contribution in [-0.4, -0.2) is 47.9 Å². The molecule has 2 aromatic carbocycles. The minimum absolute atomic E-state index is 0.0303. The lowest BCUT2D eigenvalue weighted by atomic mass is 9.98. The molecule has 3 aromatic rings. The van der Waals surface area contributed by atoms with Gasteiger partial charge in [-0.05, 0) is 43.7 Å². The van der Waals surface area contributed by atoms with E-state index in [0.29, 0.717) is 18.2 Å². The lowest BCUT2D eigenvalue weighted by Crippen LogP contribution is -2.48. The molecule has 1 aromatic heterocycles. The van der Waals surface area contributed by atoms with Crippen LogP contribution in [0.4, 0.5) is 11.4 Å². The topological polar surface area (TPSA) is 65.5 Å². The highest BCUT2D eigenvalue weighted by molar-refractivity contribution is 7.18. The van der Waals surface area contributed by atoms with Gasteiger partial charge in [-0.25, -0.2) is 4.98 Å². The number of benzene rings is 2. The fraction of sp³-hybridized carbons (Fsp3) is 0.318. The molecular weight excluding hydrogens is 384 g/mol. The number of carbonyl (C=O) groups excluding carboxylic acids is 2. The van der Waals surface area contributed by atoms with Gasteiger partial charge in [0.2, 0.25) is 11.8 Å². The minimum Gasteiger partial charge on any atom is -0.323 e. The van der Waals surface area contributed by atoms with E-state index in [4.69, 9.17) is 4.98 Å². The van der Waals surface area contributed by atoms with Crippen molar-refractivity contribution in [2.24, 2.45) is 0 Å². The fourth-order valence-corrected chi connectivity index (χ4v) is 5.29. The molecule has 29 heavy (non-hydrogen) atoms. The second-order valence-corrected chi connectivity index (χ2v) is 8.70. The van der Waals surface area contributed by atoms with E-state index < -0.39 is 0 Å². The maximum atomic E-state index is 13.0. The average molecular weight is 407 g/mol. The molecular formula is C22H22N4O2S. The number of nitrogens with one attached hydrogen (secondary N) is 1. The zero-order chi connectivity index (χ0) is 19.8. The molecule has 148 valence electrons. The van der Waals surface area contributed by atoms with Crippen LogP contribution in [0.25, 0.3) is 10.2 Å². The van der Waals surface area contributed by atoms with Crippen LogP contribution in [0, 0.1) is 0 Å². The predicted octanol–water partition coefficient (Wildman–Crippen LogP) is 3.46. The van der Waals surface area contributed by atoms with Crippen molar-refractivity contribution >= 4 is 44.7 Å². The molecule has 2 aliphatic heterocycles. The smallest absolute Gasteiger partial charge is 0.244 e. The van der Waals surface area contributed by atoms with Crippen LogP contribution in [0.2, 0.25) is 0 Å². The summed E-state index contributed by atoms with van der Waals surface area (Å²) in [7, 11) is 0. The number of hydrogen-bond donors (Lipinski definition) is 1. The highest BCUT2D eigenvalue weighted by Gasteiger charge is 2.30. The Kier molecular flexibility index (Phi) is 4.77. The molecule has 1 atom stereocenters. The summed E-state index contributed by atoms with van der Waals surface area (Å²) in [6, 6.07) is 15.7. The average Bonchev–Trinajstić information content (AvgIpc) is 3.17. The van der Waals surface area contributed by atoms with Crippen LogP contribution in [0.5, 0.6) is 0 Å². The van der Waals surface area contributed by atoms with E-state index in [1.54, 1.807) is 16.2 Å². The number of aromatic nitrogens is 1. The van der Waals surface area contributed by atoms with E-state index in [9.17, 15) is 9.59 Å². The van der Waals surface area contributed by atoms with Crippen LogP contribution in [-0.2, 0) is 9.59 Å². The predicted molar refractivity (Wildman–Crippen MR) is 115 cm³/mol. The molecule has 0 saturated carbocycles. The van der Waals surface area contributed by atoms with E-state index >= 15 is 0 Å². The summed E-state index contributed by atoms with van der Waals surface area (Å²) in [5, 5.41) is 3.99. The van der Waals surface area contributed by atoms with Crippen molar-refractivity contribution in [3.63, 3.8) is 0 Å². The third-order valence-electron chi connectivity index (χ3n) is 5.60. The summed E-state index contributed by atoms with van der Waals surface area (Å²) in [5.74, 6) is 0.172. The number of nitrogens with zero attached hydrogens (tertiary/aromatic N) is 3. The Hall–Kier alpha value is -2.77. The first kappa shape index (κ1) is 18.3. The van der Waals surface area contributed by atoms with Crippen molar-refractivity contribution in [1.82, 2.24) is 9.88 Å². The van der Waals surface area contributed by atoms with Gasteiger partial charge in [-0.15, -0.1) is 11.3 Å². The van der Waals surface area contributed by atoms with Gasteiger partial charge in [0.25, 0.3) is 0 Å². The standard InChI is InChI=1S/C22H22N4O2S/c27-20-13-26(18-9-3-1-7-16(18)23-20)21(28)14-25-11-5-6-15(12-25)22-24-17-8-2-4-10-19(17)29-22/h1-4,7-10,15H,5-6,11-14H2,(H,23,27)/t15-/m0/s1. The van der Waals surface area contributed by atoms with E-state index in [-0.39, 0.29) is 18.4 Å². The highest BCUT2D eigenvalue weighted by atomic mass is 32.1. The Labute approximate surface area is 173 Å². The fourth-order valence-electron chi connectivity index (χ4n) is 4.20. The second kappa shape index (κ2) is 7.57. The third kappa shape index (κ3) is 3.63. The van der Waals surface area contributed by atoms with Gasteiger partial charge in [0.15, 0.2) is 0 Å². The Morgan fingerprint density at radius 2 is 2.00 bits per heavy atom. The summed E-state index contributed by atoms with van der Waals surface area (Å²) in [6.07, 6.45) is 2.14. The second-order valence-electron chi connectivity index (χ2n) is 7.64. The number of hydrogen-bond acceptors (Lipinski definition) is 5. The van der Waals surface area contributed by atoms with Gasteiger partial charge in [-0.3, -0.25) is 19.4 Å². The maximum absolute atomic E-state index is 13.0. The molecule has 3 heterocycles. The largest absolute Gasteiger partial charge is 0.323 e. The van der Waals surface area contributed by atoms with Gasteiger partial charge in [0.1, 0.15) is 6.54 Å². The molecule has 7 heteroatoms. The molecule has 2 amide bonds. The van der Waals surface area contributed by atoms with Gasteiger partial charge in [-0.1, -0.05) is 24.3 Å². The molecule has 0 bridgehead atoms. The first-order chi connectivity index (χ1) is 14.2. The molecule has 5 rings (SSSR count). The number of para-hydroxylation sites is 3. The quantitative estimate of drug-likeness (QED) is 0.723. The normalized spacial score (nSPS) is 19.8. The van der Waals surface area contributed by atoms with Crippen molar-refractivity contribution in [1.29, 1.82) is 0 Å². The lowest BCUT2D eigenvalue weighted by Gasteiger charge is -2.34. The summed E-state index contributed by atoms with van der Waals surface area (Å²) in [5.41, 5.74) is 2.52. The maximum Gasteiger partial charge on any atom is 0.244 e. The highest BCUT2D eigenvalue weighted by Crippen LogP contribution is 2.33. The van der Waals surface area contributed by atoms with Crippen molar-refractivity contribution in [2.45, 2.75) is 18.8 Å². The van der Waals surface area contributed by atoms with Crippen LogP contribution in [0.15, 0.2) is 48.5 Å². The molecule has 0 spiro atoms. The molecule has 0 unspecified atom stereocenters. The first-order valence-corrected chi connectivity index (χ1v) is 10.8. The summed E-state index contributed by atoms with van der Waals surface area (Å²) in [4.78, 5) is 33.7. The molecule has 6 nitrogen and oxygen atoms in total. The number of piperidine rings is 1. The van der Waals surface area contributed by atoms with Gasteiger partial charge < -0.3 is 5.32 Å². The van der Waals surface area contributed by atoms with Gasteiger partial charge >= 0.3 is 0 Å². The van der Waals surface area contributed by atoms with Crippen molar-refractivity contribution < 1.29 is 9.59 Å². The van der Waals surface area contributed by atoms with Crippen molar-refractivity contribution in [3.8, 4) is 0 Å². The van der Waals surface area contributed by atoms with Crippen LogP contribution in [0.1, 0.15) is 23.8 Å². The molecule has 0 aliphatic carbocycles. The number of amides is 2. The van der Waals surface area contributed by atoms with E-state index in [2.05, 4.69) is 22.3 Å². The van der Waals surface area contributed by atoms with Gasteiger partial charge in [0, 0.05) is 12.5 Å². The molecule has 2 aliphatic rings. The van der Waals surface area contributed by atoms with E-state index in [1.807, 2.05) is 36.4 Å². The van der Waals surface area contributed by atoms with Crippen molar-refractivity contribution in [2.75, 3.05) is 36.4 Å². The SMILES string of the molecule is O=C1CN(C(=O)CN2CCC[C@H](c3nc4ccccc4s3)C2)c2ccccc2N1. The molecule has 1 fully saturated rings.